The predicted octanol–water partition coefficient (Wildman–Crippen LogP) is 2.59. The van der Waals surface area contributed by atoms with Crippen molar-refractivity contribution in [2.24, 2.45) is 0 Å². The van der Waals surface area contributed by atoms with Gasteiger partial charge in [0, 0.05) is 25.6 Å². The van der Waals surface area contributed by atoms with Crippen LogP contribution in [0.2, 0.25) is 0 Å². The first-order valence-electron chi connectivity index (χ1n) is 8.58. The molecule has 25 heavy (non-hydrogen) atoms. The minimum absolute atomic E-state index is 0.0857. The van der Waals surface area contributed by atoms with Crippen LogP contribution in [0.15, 0.2) is 22.7 Å². The van der Waals surface area contributed by atoms with Crippen molar-refractivity contribution in [1.82, 2.24) is 15.0 Å². The van der Waals surface area contributed by atoms with Gasteiger partial charge >= 0.3 is 0 Å². The highest BCUT2D eigenvalue weighted by Gasteiger charge is 2.23. The number of amides is 1. The van der Waals surface area contributed by atoms with Gasteiger partial charge in [-0.25, -0.2) is 4.98 Å². The van der Waals surface area contributed by atoms with Crippen molar-refractivity contribution in [1.29, 1.82) is 0 Å². The van der Waals surface area contributed by atoms with Gasteiger partial charge in [0.1, 0.15) is 11.4 Å². The van der Waals surface area contributed by atoms with Crippen molar-refractivity contribution >= 4 is 11.7 Å². The molecule has 3 rings (SSSR count). The van der Waals surface area contributed by atoms with E-state index in [-0.39, 0.29) is 11.8 Å². The summed E-state index contributed by atoms with van der Waals surface area (Å²) in [7, 11) is 0. The van der Waals surface area contributed by atoms with E-state index in [1.165, 1.54) is 0 Å². The molecule has 1 aliphatic rings. The molecule has 0 aliphatic carbocycles. The Morgan fingerprint density at radius 2 is 2.08 bits per heavy atom. The Kier molecular flexibility index (Phi) is 5.45. The molecule has 1 N–H and O–H groups in total. The molecule has 3 heterocycles. The smallest absolute Gasteiger partial charge is 0.262 e. The molecule has 2 aromatic heterocycles. The van der Waals surface area contributed by atoms with Crippen molar-refractivity contribution in [2.75, 3.05) is 31.6 Å². The number of carbonyl (C=O) groups excluding carboxylic acids is 1. The zero-order valence-corrected chi connectivity index (χ0v) is 14.9. The summed E-state index contributed by atoms with van der Waals surface area (Å²) in [6.45, 7) is 9.76. The van der Waals surface area contributed by atoms with E-state index in [0.29, 0.717) is 22.8 Å². The predicted molar refractivity (Wildman–Crippen MR) is 93.6 cm³/mol. The summed E-state index contributed by atoms with van der Waals surface area (Å²) in [4.78, 5) is 19.5. The first-order valence-corrected chi connectivity index (χ1v) is 8.58. The molecule has 7 nitrogen and oxygen atoms in total. The van der Waals surface area contributed by atoms with E-state index in [2.05, 4.69) is 20.4 Å². The summed E-state index contributed by atoms with van der Waals surface area (Å²) in [5, 5.41) is 6.79. The molecule has 1 aliphatic heterocycles. The quantitative estimate of drug-likeness (QED) is 0.898. The lowest BCUT2D eigenvalue weighted by Gasteiger charge is -2.26. The standard InChI is InChI=1S/C18H24N4O3/c1-12(2)17-16(13(3)21-25-17)18(23)20-15-6-4-5-14(19-15)11-22-7-9-24-10-8-22/h4-6,12H,7-11H2,1-3H3,(H,19,20,23). The van der Waals surface area contributed by atoms with Gasteiger partial charge in [0.25, 0.3) is 5.91 Å². The molecular weight excluding hydrogens is 320 g/mol. The van der Waals surface area contributed by atoms with Crippen LogP contribution in [0.5, 0.6) is 0 Å². The van der Waals surface area contributed by atoms with E-state index in [4.69, 9.17) is 9.26 Å². The second-order valence-electron chi connectivity index (χ2n) is 6.52. The number of aromatic nitrogens is 2. The zero-order chi connectivity index (χ0) is 17.8. The Morgan fingerprint density at radius 3 is 2.80 bits per heavy atom. The average molecular weight is 344 g/mol. The Bertz CT molecular complexity index is 736. The van der Waals surface area contributed by atoms with Gasteiger partial charge in [-0.3, -0.25) is 9.69 Å². The highest BCUT2D eigenvalue weighted by Crippen LogP contribution is 2.23. The zero-order valence-electron chi connectivity index (χ0n) is 14.9. The summed E-state index contributed by atoms with van der Waals surface area (Å²) >= 11 is 0. The van der Waals surface area contributed by atoms with Gasteiger partial charge in [-0.15, -0.1) is 0 Å². The molecule has 134 valence electrons. The van der Waals surface area contributed by atoms with Gasteiger partial charge in [-0.05, 0) is 19.1 Å². The lowest BCUT2D eigenvalue weighted by Crippen LogP contribution is -2.35. The average Bonchev–Trinajstić information content (AvgIpc) is 2.98. The third kappa shape index (κ3) is 4.24. The van der Waals surface area contributed by atoms with Gasteiger partial charge in [0.05, 0.1) is 24.6 Å². The summed E-state index contributed by atoms with van der Waals surface area (Å²) < 4.78 is 10.7. The molecule has 1 amide bonds. The Hall–Kier alpha value is -2.25. The molecule has 0 saturated carbocycles. The van der Waals surface area contributed by atoms with E-state index in [1.807, 2.05) is 26.0 Å². The minimum atomic E-state index is -0.238. The van der Waals surface area contributed by atoms with Crippen LogP contribution in [0, 0.1) is 6.92 Å². The number of ether oxygens (including phenoxy) is 1. The molecule has 0 aromatic carbocycles. The lowest BCUT2D eigenvalue weighted by atomic mass is 10.0. The maximum absolute atomic E-state index is 12.6. The van der Waals surface area contributed by atoms with Crippen molar-refractivity contribution in [3.8, 4) is 0 Å². The van der Waals surface area contributed by atoms with E-state index < -0.39 is 0 Å². The van der Waals surface area contributed by atoms with Crippen LogP contribution in [0.4, 0.5) is 5.82 Å². The number of hydrogen-bond acceptors (Lipinski definition) is 6. The molecule has 1 fully saturated rings. The fraction of sp³-hybridized carbons (Fsp3) is 0.500. The van der Waals surface area contributed by atoms with Gasteiger partial charge in [-0.1, -0.05) is 25.1 Å². The van der Waals surface area contributed by atoms with Crippen LogP contribution in [-0.4, -0.2) is 47.3 Å². The highest BCUT2D eigenvalue weighted by molar-refractivity contribution is 6.05. The normalized spacial score (nSPS) is 15.5. The monoisotopic (exact) mass is 344 g/mol. The van der Waals surface area contributed by atoms with E-state index in [1.54, 1.807) is 13.0 Å². The van der Waals surface area contributed by atoms with E-state index in [0.717, 1.165) is 38.5 Å². The Labute approximate surface area is 147 Å². The molecular formula is C18H24N4O3. The largest absolute Gasteiger partial charge is 0.379 e. The molecule has 0 spiro atoms. The van der Waals surface area contributed by atoms with E-state index >= 15 is 0 Å². The van der Waals surface area contributed by atoms with Crippen molar-refractivity contribution in [3.05, 3.63) is 40.9 Å². The number of morpholine rings is 1. The summed E-state index contributed by atoms with van der Waals surface area (Å²) in [5.74, 6) is 0.978. The highest BCUT2D eigenvalue weighted by atomic mass is 16.5. The number of anilines is 1. The number of nitrogens with one attached hydrogen (secondary N) is 1. The number of aryl methyl sites for hydroxylation is 1. The van der Waals surface area contributed by atoms with Crippen molar-refractivity contribution in [2.45, 2.75) is 33.2 Å². The SMILES string of the molecule is Cc1noc(C(C)C)c1C(=O)Nc1cccc(CN2CCOCC2)n1. The van der Waals surface area contributed by atoms with Crippen molar-refractivity contribution < 1.29 is 14.1 Å². The number of nitrogens with zero attached hydrogens (tertiary/aromatic N) is 3. The minimum Gasteiger partial charge on any atom is -0.379 e. The van der Waals surface area contributed by atoms with E-state index in [9.17, 15) is 4.79 Å². The maximum atomic E-state index is 12.6. The first-order chi connectivity index (χ1) is 12.0. The molecule has 2 aromatic rings. The second-order valence-corrected chi connectivity index (χ2v) is 6.52. The Balaban J connectivity index is 1.71. The first kappa shape index (κ1) is 17.6. The number of hydrogen-bond donors (Lipinski definition) is 1. The third-order valence-corrected chi connectivity index (χ3v) is 4.18. The molecule has 0 atom stereocenters. The lowest BCUT2D eigenvalue weighted by molar-refractivity contribution is 0.0337. The fourth-order valence-corrected chi connectivity index (χ4v) is 2.86. The Morgan fingerprint density at radius 1 is 1.32 bits per heavy atom. The number of carbonyl (C=O) groups is 1. The molecule has 7 heteroatoms. The molecule has 1 saturated heterocycles. The van der Waals surface area contributed by atoms with Gasteiger partial charge in [0.15, 0.2) is 5.76 Å². The van der Waals surface area contributed by atoms with Crippen LogP contribution < -0.4 is 5.32 Å². The molecule has 0 radical (unpaired) electrons. The maximum Gasteiger partial charge on any atom is 0.262 e. The number of rotatable bonds is 5. The molecule has 0 bridgehead atoms. The van der Waals surface area contributed by atoms with Gasteiger partial charge < -0.3 is 14.6 Å². The summed E-state index contributed by atoms with van der Waals surface area (Å²) in [5.41, 5.74) is 2.01. The number of pyridine rings is 1. The van der Waals surface area contributed by atoms with Gasteiger partial charge in [-0.2, -0.15) is 0 Å². The van der Waals surface area contributed by atoms with Crippen molar-refractivity contribution in [3.63, 3.8) is 0 Å². The fourth-order valence-electron chi connectivity index (χ4n) is 2.86. The summed E-state index contributed by atoms with van der Waals surface area (Å²) in [6.07, 6.45) is 0. The second kappa shape index (κ2) is 7.76. The third-order valence-electron chi connectivity index (χ3n) is 4.18. The van der Waals surface area contributed by atoms with Crippen LogP contribution in [0.1, 0.15) is 47.3 Å². The van der Waals surface area contributed by atoms with Gasteiger partial charge in [0.2, 0.25) is 0 Å². The van der Waals surface area contributed by atoms with Crippen LogP contribution in [-0.2, 0) is 11.3 Å². The van der Waals surface area contributed by atoms with Crippen LogP contribution in [0.3, 0.4) is 0 Å². The topological polar surface area (TPSA) is 80.5 Å². The van der Waals surface area contributed by atoms with Crippen LogP contribution >= 0.6 is 0 Å². The summed E-state index contributed by atoms with van der Waals surface area (Å²) in [6, 6.07) is 5.66. The van der Waals surface area contributed by atoms with Crippen LogP contribution in [0.25, 0.3) is 0 Å². The molecule has 0 unspecified atom stereocenters.